The van der Waals surface area contributed by atoms with Crippen molar-refractivity contribution in [1.82, 2.24) is 5.32 Å². The van der Waals surface area contributed by atoms with Gasteiger partial charge in [0.15, 0.2) is 5.17 Å². The van der Waals surface area contributed by atoms with E-state index in [0.29, 0.717) is 6.42 Å². The van der Waals surface area contributed by atoms with Gasteiger partial charge in [-0.1, -0.05) is 32.5 Å². The van der Waals surface area contributed by atoms with Crippen LogP contribution >= 0.6 is 11.8 Å². The zero-order valence-electron chi connectivity index (χ0n) is 7.89. The van der Waals surface area contributed by atoms with Gasteiger partial charge < -0.3 is 5.32 Å². The van der Waals surface area contributed by atoms with Gasteiger partial charge in [-0.2, -0.15) is 0 Å². The highest BCUT2D eigenvalue weighted by Crippen LogP contribution is 2.08. The van der Waals surface area contributed by atoms with Gasteiger partial charge in [0.05, 0.1) is 6.54 Å². The summed E-state index contributed by atoms with van der Waals surface area (Å²) < 4.78 is 0. The van der Waals surface area contributed by atoms with Crippen molar-refractivity contribution in [1.29, 1.82) is 0 Å². The number of hydrogen-bond acceptors (Lipinski definition) is 3. The Morgan fingerprint density at radius 3 is 2.75 bits per heavy atom. The molecular weight excluding hydrogens is 172 g/mol. The van der Waals surface area contributed by atoms with E-state index in [1.54, 1.807) is 11.8 Å². The first-order valence-electron chi connectivity index (χ1n) is 4.30. The fraction of sp³-hybridized carbons (Fsp3) is 0.750. The number of aliphatic imine (C=N–C) groups is 1. The standard InChI is InChI=1S/C6H10N2OS.C2H6/c1-2-5(9)8-6-7-3-4-10-6;1-2/h2-4H2,1H3,(H,7,8,9);1-2H3. The first kappa shape index (κ1) is 11.5. The second kappa shape index (κ2) is 7.16. The van der Waals surface area contributed by atoms with Crippen molar-refractivity contribution in [2.75, 3.05) is 12.3 Å². The van der Waals surface area contributed by atoms with Crippen molar-refractivity contribution in [3.8, 4) is 0 Å². The van der Waals surface area contributed by atoms with E-state index in [2.05, 4.69) is 10.3 Å². The summed E-state index contributed by atoms with van der Waals surface area (Å²) in [5.41, 5.74) is 0. The molecule has 1 N–H and O–H groups in total. The fourth-order valence-corrected chi connectivity index (χ4v) is 1.36. The highest BCUT2D eigenvalue weighted by Gasteiger charge is 2.08. The van der Waals surface area contributed by atoms with Crippen molar-refractivity contribution in [3.05, 3.63) is 0 Å². The zero-order valence-corrected chi connectivity index (χ0v) is 8.70. The van der Waals surface area contributed by atoms with E-state index in [-0.39, 0.29) is 5.91 Å². The molecule has 1 rings (SSSR count). The Bertz CT molecular complexity index is 168. The average molecular weight is 188 g/mol. The lowest BCUT2D eigenvalue weighted by Gasteiger charge is -1.98. The number of nitrogens with one attached hydrogen (secondary N) is 1. The molecule has 0 radical (unpaired) electrons. The normalized spacial score (nSPS) is 14.4. The molecule has 0 spiro atoms. The SMILES string of the molecule is CC.CCC(=O)NC1=NCCS1. The molecule has 1 aliphatic rings. The molecule has 0 saturated carbocycles. The Kier molecular flexibility index (Phi) is 6.85. The minimum atomic E-state index is 0.0492. The smallest absolute Gasteiger partial charge is 0.225 e. The number of carbonyl (C=O) groups is 1. The van der Waals surface area contributed by atoms with Gasteiger partial charge in [0.2, 0.25) is 5.91 Å². The Labute approximate surface area is 78.0 Å². The average Bonchev–Trinajstić information content (AvgIpc) is 2.60. The molecule has 1 amide bonds. The minimum absolute atomic E-state index is 0.0492. The second-order valence-electron chi connectivity index (χ2n) is 1.94. The first-order valence-corrected chi connectivity index (χ1v) is 5.28. The van der Waals surface area contributed by atoms with Gasteiger partial charge in [-0.15, -0.1) is 0 Å². The largest absolute Gasteiger partial charge is 0.305 e. The van der Waals surface area contributed by atoms with E-state index >= 15 is 0 Å². The summed E-state index contributed by atoms with van der Waals surface area (Å²) >= 11 is 1.60. The van der Waals surface area contributed by atoms with E-state index in [4.69, 9.17) is 0 Å². The molecule has 0 atom stereocenters. The van der Waals surface area contributed by atoms with Crippen LogP contribution in [0.1, 0.15) is 27.2 Å². The van der Waals surface area contributed by atoms with Crippen LogP contribution in [-0.2, 0) is 4.79 Å². The van der Waals surface area contributed by atoms with Crippen molar-refractivity contribution < 1.29 is 4.79 Å². The number of amidine groups is 1. The summed E-state index contributed by atoms with van der Waals surface area (Å²) in [7, 11) is 0. The summed E-state index contributed by atoms with van der Waals surface area (Å²) in [4.78, 5) is 14.8. The predicted octanol–water partition coefficient (Wildman–Crippen LogP) is 1.64. The third-order valence-corrected chi connectivity index (χ3v) is 2.04. The van der Waals surface area contributed by atoms with Gasteiger partial charge in [0, 0.05) is 12.2 Å². The van der Waals surface area contributed by atoms with Crippen LogP contribution in [0, 0.1) is 0 Å². The van der Waals surface area contributed by atoms with Crippen LogP contribution in [0.25, 0.3) is 0 Å². The minimum Gasteiger partial charge on any atom is -0.305 e. The summed E-state index contributed by atoms with van der Waals surface area (Å²) in [6.07, 6.45) is 0.527. The monoisotopic (exact) mass is 188 g/mol. The quantitative estimate of drug-likeness (QED) is 0.679. The maximum absolute atomic E-state index is 10.8. The Balaban J connectivity index is 0.000000561. The maximum Gasteiger partial charge on any atom is 0.225 e. The highest BCUT2D eigenvalue weighted by molar-refractivity contribution is 8.14. The number of carbonyl (C=O) groups excluding carboxylic acids is 1. The van der Waals surface area contributed by atoms with E-state index in [1.165, 1.54) is 0 Å². The fourth-order valence-electron chi connectivity index (χ4n) is 0.618. The predicted molar refractivity (Wildman–Crippen MR) is 54.5 cm³/mol. The number of amides is 1. The van der Waals surface area contributed by atoms with Gasteiger partial charge in [-0.3, -0.25) is 9.79 Å². The number of hydrogen-bond donors (Lipinski definition) is 1. The van der Waals surface area contributed by atoms with Crippen molar-refractivity contribution >= 4 is 22.8 Å². The molecule has 12 heavy (non-hydrogen) atoms. The van der Waals surface area contributed by atoms with Crippen molar-refractivity contribution in [2.45, 2.75) is 27.2 Å². The van der Waals surface area contributed by atoms with Gasteiger partial charge >= 0.3 is 0 Å². The molecule has 0 aromatic heterocycles. The molecular formula is C8H16N2OS. The highest BCUT2D eigenvalue weighted by atomic mass is 32.2. The molecule has 0 fully saturated rings. The van der Waals surface area contributed by atoms with Crippen LogP contribution in [0.2, 0.25) is 0 Å². The Hall–Kier alpha value is -0.510. The molecule has 70 valence electrons. The van der Waals surface area contributed by atoms with Crippen LogP contribution < -0.4 is 5.32 Å². The van der Waals surface area contributed by atoms with Crippen LogP contribution in [0.3, 0.4) is 0 Å². The summed E-state index contributed by atoms with van der Waals surface area (Å²) in [6, 6.07) is 0. The van der Waals surface area contributed by atoms with Gasteiger partial charge in [0.25, 0.3) is 0 Å². The van der Waals surface area contributed by atoms with Crippen molar-refractivity contribution in [2.24, 2.45) is 4.99 Å². The van der Waals surface area contributed by atoms with E-state index < -0.39 is 0 Å². The number of rotatable bonds is 1. The zero-order chi connectivity index (χ0) is 9.40. The van der Waals surface area contributed by atoms with Crippen LogP contribution in [0.4, 0.5) is 0 Å². The molecule has 0 bridgehead atoms. The number of nitrogens with zero attached hydrogens (tertiary/aromatic N) is 1. The van der Waals surface area contributed by atoms with Gasteiger partial charge in [-0.05, 0) is 0 Å². The lowest BCUT2D eigenvalue weighted by Crippen LogP contribution is -2.26. The van der Waals surface area contributed by atoms with E-state index in [1.807, 2.05) is 20.8 Å². The van der Waals surface area contributed by atoms with E-state index in [0.717, 1.165) is 17.5 Å². The van der Waals surface area contributed by atoms with Gasteiger partial charge in [-0.25, -0.2) is 0 Å². The lowest BCUT2D eigenvalue weighted by molar-refractivity contribution is -0.119. The topological polar surface area (TPSA) is 41.5 Å². The Morgan fingerprint density at radius 1 is 1.67 bits per heavy atom. The molecule has 0 aromatic rings. The summed E-state index contributed by atoms with van der Waals surface area (Å²) in [6.45, 7) is 6.67. The third-order valence-electron chi connectivity index (χ3n) is 1.15. The molecule has 0 unspecified atom stereocenters. The molecule has 4 heteroatoms. The van der Waals surface area contributed by atoms with Crippen LogP contribution in [0.5, 0.6) is 0 Å². The molecule has 0 saturated heterocycles. The molecule has 1 heterocycles. The number of thioether (sulfide) groups is 1. The lowest BCUT2D eigenvalue weighted by atomic mass is 10.5. The Morgan fingerprint density at radius 2 is 2.33 bits per heavy atom. The second-order valence-corrected chi connectivity index (χ2v) is 3.02. The summed E-state index contributed by atoms with van der Waals surface area (Å²) in [5, 5.41) is 3.49. The first-order chi connectivity index (χ1) is 5.83. The van der Waals surface area contributed by atoms with Gasteiger partial charge in [0.1, 0.15) is 0 Å². The van der Waals surface area contributed by atoms with Crippen molar-refractivity contribution in [3.63, 3.8) is 0 Å². The molecule has 1 aliphatic heterocycles. The van der Waals surface area contributed by atoms with E-state index in [9.17, 15) is 4.79 Å². The maximum atomic E-state index is 10.8. The van der Waals surface area contributed by atoms with Crippen LogP contribution in [-0.4, -0.2) is 23.4 Å². The summed E-state index contributed by atoms with van der Waals surface area (Å²) in [5.74, 6) is 1.05. The van der Waals surface area contributed by atoms with Crippen LogP contribution in [0.15, 0.2) is 4.99 Å². The molecule has 3 nitrogen and oxygen atoms in total. The third kappa shape index (κ3) is 4.38. The molecule has 0 aliphatic carbocycles. The molecule has 0 aromatic carbocycles.